The van der Waals surface area contributed by atoms with E-state index in [1.165, 1.54) is 12.3 Å². The first-order valence-corrected chi connectivity index (χ1v) is 4.72. The molecule has 0 radical (unpaired) electrons. The molecule has 76 valence electrons. The Morgan fingerprint density at radius 3 is 3.00 bits per heavy atom. The van der Waals surface area contributed by atoms with Crippen LogP contribution in [0.1, 0.15) is 30.0 Å². The Bertz CT molecular complexity index is 309. The van der Waals surface area contributed by atoms with Crippen LogP contribution in [0.5, 0.6) is 0 Å². The van der Waals surface area contributed by atoms with E-state index >= 15 is 0 Å². The van der Waals surface area contributed by atoms with Gasteiger partial charge in [0.05, 0.1) is 0 Å². The molecular formula is C10H12F2N2. The molecule has 0 amide bonds. The van der Waals surface area contributed by atoms with E-state index in [2.05, 4.69) is 10.3 Å². The van der Waals surface area contributed by atoms with Gasteiger partial charge >= 0.3 is 0 Å². The lowest BCUT2D eigenvalue weighted by Gasteiger charge is -2.09. The maximum absolute atomic E-state index is 12.4. The van der Waals surface area contributed by atoms with E-state index in [1.807, 2.05) is 6.07 Å². The Kier molecular flexibility index (Phi) is 2.72. The molecule has 2 rings (SSSR count). The van der Waals surface area contributed by atoms with Crippen molar-refractivity contribution in [2.24, 2.45) is 0 Å². The summed E-state index contributed by atoms with van der Waals surface area (Å²) >= 11 is 0. The molecule has 0 saturated carbocycles. The maximum Gasteiger partial charge on any atom is 0.280 e. The lowest BCUT2D eigenvalue weighted by Crippen LogP contribution is -2.08. The Hall–Kier alpha value is -1.03. The summed E-state index contributed by atoms with van der Waals surface area (Å²) in [4.78, 5) is 3.64. The van der Waals surface area contributed by atoms with Crippen LogP contribution in [-0.2, 0) is 0 Å². The number of nitrogens with one attached hydrogen (secondary N) is 1. The lowest BCUT2D eigenvalue weighted by atomic mass is 9.99. The highest BCUT2D eigenvalue weighted by atomic mass is 19.3. The van der Waals surface area contributed by atoms with Crippen LogP contribution in [0.25, 0.3) is 0 Å². The third-order valence-corrected chi connectivity index (χ3v) is 2.56. The van der Waals surface area contributed by atoms with Crippen LogP contribution in [-0.4, -0.2) is 18.1 Å². The molecule has 1 N–H and O–H groups in total. The second-order valence-electron chi connectivity index (χ2n) is 3.50. The molecular weight excluding hydrogens is 186 g/mol. The predicted molar refractivity (Wildman–Crippen MR) is 49.4 cm³/mol. The van der Waals surface area contributed by atoms with E-state index in [0.717, 1.165) is 25.1 Å². The molecule has 4 heteroatoms. The van der Waals surface area contributed by atoms with E-state index in [0.29, 0.717) is 5.92 Å². The standard InChI is InChI=1S/C10H12F2N2/c11-10(12)9-5-7(2-4-14-9)8-1-3-13-6-8/h2,4-5,8,10,13H,1,3,6H2. The Morgan fingerprint density at radius 2 is 2.36 bits per heavy atom. The van der Waals surface area contributed by atoms with Crippen LogP contribution in [0.2, 0.25) is 0 Å². The van der Waals surface area contributed by atoms with Gasteiger partial charge in [-0.05, 0) is 36.6 Å². The van der Waals surface area contributed by atoms with Crippen LogP contribution >= 0.6 is 0 Å². The number of nitrogens with zero attached hydrogens (tertiary/aromatic N) is 1. The minimum atomic E-state index is -2.47. The van der Waals surface area contributed by atoms with Gasteiger partial charge in [-0.3, -0.25) is 4.98 Å². The third kappa shape index (κ3) is 1.90. The normalized spacial score (nSPS) is 21.8. The van der Waals surface area contributed by atoms with Gasteiger partial charge in [0.15, 0.2) is 0 Å². The first-order valence-electron chi connectivity index (χ1n) is 4.72. The first-order chi connectivity index (χ1) is 6.77. The molecule has 1 aliphatic heterocycles. The van der Waals surface area contributed by atoms with Crippen molar-refractivity contribution in [1.82, 2.24) is 10.3 Å². The number of rotatable bonds is 2. The SMILES string of the molecule is FC(F)c1cc(C2CCNC2)ccn1. The van der Waals surface area contributed by atoms with Gasteiger partial charge in [0.25, 0.3) is 6.43 Å². The van der Waals surface area contributed by atoms with Crippen LogP contribution in [0.15, 0.2) is 18.3 Å². The fraction of sp³-hybridized carbons (Fsp3) is 0.500. The van der Waals surface area contributed by atoms with Crippen molar-refractivity contribution >= 4 is 0 Å². The summed E-state index contributed by atoms with van der Waals surface area (Å²) in [6.07, 6.45) is 0.0197. The molecule has 0 aliphatic carbocycles. The molecule has 1 aromatic heterocycles. The van der Waals surface area contributed by atoms with Crippen molar-refractivity contribution in [1.29, 1.82) is 0 Å². The minimum absolute atomic E-state index is 0.116. The Labute approximate surface area is 81.4 Å². The Balaban J connectivity index is 2.21. The molecule has 0 bridgehead atoms. The van der Waals surface area contributed by atoms with Crippen molar-refractivity contribution in [3.05, 3.63) is 29.6 Å². The van der Waals surface area contributed by atoms with E-state index in [9.17, 15) is 8.78 Å². The van der Waals surface area contributed by atoms with Crippen LogP contribution in [0.3, 0.4) is 0 Å². The molecule has 2 nitrogen and oxygen atoms in total. The van der Waals surface area contributed by atoms with Crippen molar-refractivity contribution in [2.75, 3.05) is 13.1 Å². The fourth-order valence-corrected chi connectivity index (χ4v) is 1.78. The van der Waals surface area contributed by atoms with Gasteiger partial charge in [-0.1, -0.05) is 0 Å². The average molecular weight is 198 g/mol. The van der Waals surface area contributed by atoms with Gasteiger partial charge in [-0.2, -0.15) is 0 Å². The molecule has 14 heavy (non-hydrogen) atoms. The lowest BCUT2D eigenvalue weighted by molar-refractivity contribution is 0.146. The molecule has 1 aromatic rings. The van der Waals surface area contributed by atoms with Gasteiger partial charge in [-0.15, -0.1) is 0 Å². The zero-order chi connectivity index (χ0) is 9.97. The van der Waals surface area contributed by atoms with E-state index in [-0.39, 0.29) is 5.69 Å². The molecule has 2 heterocycles. The summed E-state index contributed by atoms with van der Waals surface area (Å²) in [6.45, 7) is 1.85. The number of halogens is 2. The van der Waals surface area contributed by atoms with Crippen LogP contribution < -0.4 is 5.32 Å². The number of pyridine rings is 1. The van der Waals surface area contributed by atoms with Crippen molar-refractivity contribution < 1.29 is 8.78 Å². The second kappa shape index (κ2) is 4.00. The summed E-state index contributed by atoms with van der Waals surface area (Å²) in [7, 11) is 0. The minimum Gasteiger partial charge on any atom is -0.316 e. The fourth-order valence-electron chi connectivity index (χ4n) is 1.78. The number of hydrogen-bond acceptors (Lipinski definition) is 2. The smallest absolute Gasteiger partial charge is 0.280 e. The van der Waals surface area contributed by atoms with Crippen molar-refractivity contribution in [3.63, 3.8) is 0 Å². The van der Waals surface area contributed by atoms with Gasteiger partial charge in [0.2, 0.25) is 0 Å². The molecule has 1 saturated heterocycles. The topological polar surface area (TPSA) is 24.9 Å². The first kappa shape index (κ1) is 9.52. The molecule has 1 aliphatic rings. The predicted octanol–water partition coefficient (Wildman–Crippen LogP) is 2.10. The van der Waals surface area contributed by atoms with Crippen LogP contribution in [0.4, 0.5) is 8.78 Å². The van der Waals surface area contributed by atoms with E-state index in [4.69, 9.17) is 0 Å². The monoisotopic (exact) mass is 198 g/mol. The number of alkyl halides is 2. The number of aromatic nitrogens is 1. The van der Waals surface area contributed by atoms with Crippen molar-refractivity contribution in [2.45, 2.75) is 18.8 Å². The van der Waals surface area contributed by atoms with Crippen molar-refractivity contribution in [3.8, 4) is 0 Å². The molecule has 1 fully saturated rings. The highest BCUT2D eigenvalue weighted by Crippen LogP contribution is 2.25. The molecule has 0 spiro atoms. The summed E-state index contributed by atoms with van der Waals surface area (Å²) in [6, 6.07) is 3.34. The number of hydrogen-bond donors (Lipinski definition) is 1. The zero-order valence-corrected chi connectivity index (χ0v) is 7.71. The highest BCUT2D eigenvalue weighted by Gasteiger charge is 2.18. The summed E-state index contributed by atoms with van der Waals surface area (Å²) < 4.78 is 24.7. The van der Waals surface area contributed by atoms with Crippen LogP contribution in [0, 0.1) is 0 Å². The second-order valence-corrected chi connectivity index (χ2v) is 3.50. The average Bonchev–Trinajstić information content (AvgIpc) is 2.71. The van der Waals surface area contributed by atoms with Gasteiger partial charge in [0, 0.05) is 12.7 Å². The highest BCUT2D eigenvalue weighted by molar-refractivity contribution is 5.22. The molecule has 1 atom stereocenters. The Morgan fingerprint density at radius 1 is 1.50 bits per heavy atom. The molecule has 0 aromatic carbocycles. The van der Waals surface area contributed by atoms with Gasteiger partial charge in [0.1, 0.15) is 5.69 Å². The van der Waals surface area contributed by atoms with Gasteiger partial charge < -0.3 is 5.32 Å². The summed E-state index contributed by atoms with van der Waals surface area (Å²) in [5.74, 6) is 0.371. The maximum atomic E-state index is 12.4. The summed E-state index contributed by atoms with van der Waals surface area (Å²) in [5.41, 5.74) is 0.856. The van der Waals surface area contributed by atoms with E-state index < -0.39 is 6.43 Å². The third-order valence-electron chi connectivity index (χ3n) is 2.56. The summed E-state index contributed by atoms with van der Waals surface area (Å²) in [5, 5.41) is 3.21. The van der Waals surface area contributed by atoms with E-state index in [1.54, 1.807) is 0 Å². The van der Waals surface area contributed by atoms with Gasteiger partial charge in [-0.25, -0.2) is 8.78 Å². The quantitative estimate of drug-likeness (QED) is 0.787. The molecule has 1 unspecified atom stereocenters. The largest absolute Gasteiger partial charge is 0.316 e. The zero-order valence-electron chi connectivity index (χ0n) is 7.71.